The first-order chi connectivity index (χ1) is 16.0. The van der Waals surface area contributed by atoms with E-state index in [-0.39, 0.29) is 30.2 Å². The number of anilines is 1. The Morgan fingerprint density at radius 3 is 2.52 bits per heavy atom. The summed E-state index contributed by atoms with van der Waals surface area (Å²) in [6.07, 6.45) is 0. The molecule has 1 aliphatic rings. The van der Waals surface area contributed by atoms with Crippen LogP contribution in [0.15, 0.2) is 54.6 Å². The molecule has 33 heavy (non-hydrogen) atoms. The van der Waals surface area contributed by atoms with Crippen molar-refractivity contribution in [3.63, 3.8) is 0 Å². The number of carbonyl (C=O) groups excluding carboxylic acids is 3. The van der Waals surface area contributed by atoms with E-state index < -0.39 is 0 Å². The van der Waals surface area contributed by atoms with E-state index in [0.29, 0.717) is 24.3 Å². The van der Waals surface area contributed by atoms with Crippen LogP contribution in [0.3, 0.4) is 0 Å². The summed E-state index contributed by atoms with van der Waals surface area (Å²) < 4.78 is 4.85. The molecule has 0 radical (unpaired) electrons. The average Bonchev–Trinajstić information content (AvgIpc) is 2.84. The lowest BCUT2D eigenvalue weighted by atomic mass is 10.1. The molecule has 2 aromatic rings. The van der Waals surface area contributed by atoms with Crippen LogP contribution in [0.2, 0.25) is 0 Å². The van der Waals surface area contributed by atoms with Crippen LogP contribution < -0.4 is 5.32 Å². The molecule has 2 amide bonds. The highest BCUT2D eigenvalue weighted by molar-refractivity contribution is 7.99. The fourth-order valence-electron chi connectivity index (χ4n) is 3.77. The lowest BCUT2D eigenvalue weighted by Crippen LogP contribution is -2.38. The molecule has 0 aromatic heterocycles. The third kappa shape index (κ3) is 7.61. The highest BCUT2D eigenvalue weighted by Crippen LogP contribution is 2.17. The molecule has 7 nitrogen and oxygen atoms in total. The van der Waals surface area contributed by atoms with E-state index in [4.69, 9.17) is 4.74 Å². The lowest BCUT2D eigenvalue weighted by molar-refractivity contribution is -0.145. The fourth-order valence-corrected chi connectivity index (χ4v) is 4.68. The Hall–Kier alpha value is -2.84. The van der Waals surface area contributed by atoms with Crippen LogP contribution in [-0.4, -0.2) is 72.4 Å². The van der Waals surface area contributed by atoms with Gasteiger partial charge in [0.15, 0.2) is 0 Å². The van der Waals surface area contributed by atoms with E-state index in [1.54, 1.807) is 31.2 Å². The summed E-state index contributed by atoms with van der Waals surface area (Å²) in [4.78, 5) is 41.3. The molecule has 2 aromatic carbocycles. The molecule has 8 heteroatoms. The molecule has 0 saturated carbocycles. The molecule has 0 bridgehead atoms. The van der Waals surface area contributed by atoms with Gasteiger partial charge in [-0.05, 0) is 23.8 Å². The van der Waals surface area contributed by atoms with Crippen molar-refractivity contribution in [3.05, 3.63) is 65.7 Å². The zero-order valence-electron chi connectivity index (χ0n) is 19.2. The van der Waals surface area contributed by atoms with E-state index in [1.165, 1.54) is 7.11 Å². The van der Waals surface area contributed by atoms with E-state index in [0.717, 1.165) is 30.2 Å². The minimum absolute atomic E-state index is 0.0102. The summed E-state index contributed by atoms with van der Waals surface area (Å²) in [6, 6.07) is 16.9. The van der Waals surface area contributed by atoms with Crippen molar-refractivity contribution in [2.75, 3.05) is 50.1 Å². The molecule has 3 rings (SSSR count). The highest BCUT2D eigenvalue weighted by atomic mass is 32.2. The number of methoxy groups -OCH3 is 1. The highest BCUT2D eigenvalue weighted by Gasteiger charge is 2.21. The number of nitrogens with zero attached hydrogens (tertiary/aromatic N) is 2. The first kappa shape index (κ1) is 24.8. The molecule has 1 aliphatic heterocycles. The first-order valence-electron chi connectivity index (χ1n) is 11.1. The Kier molecular flexibility index (Phi) is 9.33. The number of ether oxygens (including phenoxy) is 1. The molecule has 1 fully saturated rings. The molecule has 1 saturated heterocycles. The minimum atomic E-state index is -0.366. The smallest absolute Gasteiger partial charge is 0.309 e. The van der Waals surface area contributed by atoms with E-state index in [9.17, 15) is 14.4 Å². The monoisotopic (exact) mass is 469 g/mol. The molecule has 176 valence electrons. The van der Waals surface area contributed by atoms with Gasteiger partial charge < -0.3 is 15.0 Å². The topological polar surface area (TPSA) is 79.0 Å². The third-order valence-electron chi connectivity index (χ3n) is 5.44. The predicted molar refractivity (Wildman–Crippen MR) is 131 cm³/mol. The van der Waals surface area contributed by atoms with E-state index in [1.807, 2.05) is 51.9 Å². The quantitative estimate of drug-likeness (QED) is 0.569. The predicted octanol–water partition coefficient (Wildman–Crippen LogP) is 3.13. The lowest BCUT2D eigenvalue weighted by Gasteiger charge is -2.26. The Morgan fingerprint density at radius 1 is 1.09 bits per heavy atom. The normalized spacial score (nSPS) is 14.6. The second kappa shape index (κ2) is 12.4. The zero-order valence-corrected chi connectivity index (χ0v) is 20.0. The maximum absolute atomic E-state index is 12.8. The maximum Gasteiger partial charge on any atom is 0.309 e. The number of benzene rings is 2. The fraction of sp³-hybridized carbons (Fsp3) is 0.400. The average molecular weight is 470 g/mol. The van der Waals surface area contributed by atoms with Gasteiger partial charge in [0, 0.05) is 48.9 Å². The van der Waals surface area contributed by atoms with E-state index >= 15 is 0 Å². The SMILES string of the molecule is COC(=O)C(C)CN(CC(=O)Nc1cccc(C(=O)N2CCSCC2)c1)Cc1ccccc1. The van der Waals surface area contributed by atoms with Crippen molar-refractivity contribution in [3.8, 4) is 0 Å². The summed E-state index contributed by atoms with van der Waals surface area (Å²) in [5.74, 6) is 1.00. The first-order valence-corrected chi connectivity index (χ1v) is 12.2. The van der Waals surface area contributed by atoms with Crippen molar-refractivity contribution in [2.45, 2.75) is 13.5 Å². The molecular formula is C25H31N3O4S. The molecule has 1 heterocycles. The van der Waals surface area contributed by atoms with Crippen LogP contribution in [0.4, 0.5) is 5.69 Å². The number of hydrogen-bond donors (Lipinski definition) is 1. The van der Waals surface area contributed by atoms with Gasteiger partial charge in [-0.3, -0.25) is 19.3 Å². The number of hydrogen-bond acceptors (Lipinski definition) is 6. The Labute approximate surface area is 199 Å². The Balaban J connectivity index is 1.65. The summed E-state index contributed by atoms with van der Waals surface area (Å²) in [5.41, 5.74) is 2.20. The van der Waals surface area contributed by atoms with Crippen LogP contribution in [0.25, 0.3) is 0 Å². The number of rotatable bonds is 9. The molecule has 1 atom stereocenters. The van der Waals surface area contributed by atoms with Gasteiger partial charge >= 0.3 is 5.97 Å². The zero-order chi connectivity index (χ0) is 23.6. The minimum Gasteiger partial charge on any atom is -0.469 e. The van der Waals surface area contributed by atoms with Gasteiger partial charge in [-0.1, -0.05) is 43.3 Å². The van der Waals surface area contributed by atoms with Gasteiger partial charge in [-0.2, -0.15) is 11.8 Å². The summed E-state index contributed by atoms with van der Waals surface area (Å²) in [5, 5.41) is 2.90. The largest absolute Gasteiger partial charge is 0.469 e. The second-order valence-electron chi connectivity index (χ2n) is 8.11. The van der Waals surface area contributed by atoms with Gasteiger partial charge in [0.05, 0.1) is 19.6 Å². The van der Waals surface area contributed by atoms with Gasteiger partial charge in [0.1, 0.15) is 0 Å². The molecule has 1 N–H and O–H groups in total. The van der Waals surface area contributed by atoms with Crippen molar-refractivity contribution >= 4 is 35.2 Å². The molecule has 0 spiro atoms. The van der Waals surface area contributed by atoms with Crippen molar-refractivity contribution in [1.29, 1.82) is 0 Å². The number of thioether (sulfide) groups is 1. The van der Waals surface area contributed by atoms with Crippen LogP contribution in [0, 0.1) is 5.92 Å². The van der Waals surface area contributed by atoms with Crippen LogP contribution >= 0.6 is 11.8 Å². The Morgan fingerprint density at radius 2 is 1.82 bits per heavy atom. The standard InChI is InChI=1S/C25H31N3O4S/c1-19(25(31)32-2)16-27(17-20-7-4-3-5-8-20)18-23(29)26-22-10-6-9-21(15-22)24(30)28-11-13-33-14-12-28/h3-10,15,19H,11-14,16-18H2,1-2H3,(H,26,29). The molecule has 0 aliphatic carbocycles. The maximum atomic E-state index is 12.8. The summed E-state index contributed by atoms with van der Waals surface area (Å²) >= 11 is 1.85. The number of carbonyl (C=O) groups is 3. The van der Waals surface area contributed by atoms with Gasteiger partial charge in [0.2, 0.25) is 5.91 Å². The van der Waals surface area contributed by atoms with Crippen LogP contribution in [-0.2, 0) is 20.9 Å². The van der Waals surface area contributed by atoms with E-state index in [2.05, 4.69) is 5.32 Å². The number of amides is 2. The Bertz CT molecular complexity index is 948. The van der Waals surface area contributed by atoms with Gasteiger partial charge in [-0.15, -0.1) is 0 Å². The summed E-state index contributed by atoms with van der Waals surface area (Å²) in [7, 11) is 1.37. The molecular weight excluding hydrogens is 438 g/mol. The third-order valence-corrected chi connectivity index (χ3v) is 6.39. The molecule has 1 unspecified atom stereocenters. The van der Waals surface area contributed by atoms with Crippen molar-refractivity contribution in [1.82, 2.24) is 9.80 Å². The van der Waals surface area contributed by atoms with Crippen LogP contribution in [0.1, 0.15) is 22.8 Å². The summed E-state index contributed by atoms with van der Waals surface area (Å²) in [6.45, 7) is 4.30. The number of esters is 1. The second-order valence-corrected chi connectivity index (χ2v) is 9.34. The number of nitrogens with one attached hydrogen (secondary N) is 1. The van der Waals surface area contributed by atoms with Crippen LogP contribution in [0.5, 0.6) is 0 Å². The van der Waals surface area contributed by atoms with Gasteiger partial charge in [-0.25, -0.2) is 0 Å². The van der Waals surface area contributed by atoms with Crippen molar-refractivity contribution in [2.24, 2.45) is 5.92 Å². The van der Waals surface area contributed by atoms with Gasteiger partial charge in [0.25, 0.3) is 5.91 Å². The van der Waals surface area contributed by atoms with Crippen molar-refractivity contribution < 1.29 is 19.1 Å².